The van der Waals surface area contributed by atoms with Gasteiger partial charge in [-0.3, -0.25) is 0 Å². The van der Waals surface area contributed by atoms with Crippen LogP contribution in [0.1, 0.15) is 12.5 Å². The van der Waals surface area contributed by atoms with E-state index in [1.807, 2.05) is 12.1 Å². The smallest absolute Gasteiger partial charge is 0.115 e. The summed E-state index contributed by atoms with van der Waals surface area (Å²) < 4.78 is 5.91. The van der Waals surface area contributed by atoms with Gasteiger partial charge in [0.1, 0.15) is 5.75 Å². The van der Waals surface area contributed by atoms with E-state index in [9.17, 15) is 5.11 Å². The first-order valence-electron chi connectivity index (χ1n) is 7.00. The highest BCUT2D eigenvalue weighted by atomic mass is 16.5. The van der Waals surface area contributed by atoms with E-state index in [0.717, 1.165) is 32.7 Å². The van der Waals surface area contributed by atoms with Crippen LogP contribution in [0.2, 0.25) is 0 Å². The van der Waals surface area contributed by atoms with E-state index in [1.54, 1.807) is 12.1 Å². The summed E-state index contributed by atoms with van der Waals surface area (Å²) in [5, 5.41) is 12.9. The van der Waals surface area contributed by atoms with E-state index in [2.05, 4.69) is 24.2 Å². The summed E-state index contributed by atoms with van der Waals surface area (Å²) in [6, 6.07) is 7.76. The SMILES string of the molecule is CCNC(Cc1ccc(O)cc1)C1CN(C)CCO1. The minimum atomic E-state index is 0.229. The molecule has 2 rings (SSSR count). The van der Waals surface area contributed by atoms with E-state index in [4.69, 9.17) is 4.74 Å². The van der Waals surface area contributed by atoms with Crippen molar-refractivity contribution >= 4 is 0 Å². The molecule has 1 aliphatic rings. The number of likely N-dealkylation sites (N-methyl/N-ethyl adjacent to an activating group) is 2. The standard InChI is InChI=1S/C15H24N2O2/c1-3-16-14(15-11-17(2)8-9-19-15)10-12-4-6-13(18)7-5-12/h4-7,14-16,18H,3,8-11H2,1-2H3. The first-order valence-corrected chi connectivity index (χ1v) is 7.00. The topological polar surface area (TPSA) is 44.7 Å². The van der Waals surface area contributed by atoms with Crippen LogP contribution in [0, 0.1) is 0 Å². The van der Waals surface area contributed by atoms with Crippen LogP contribution < -0.4 is 5.32 Å². The van der Waals surface area contributed by atoms with Crippen LogP contribution in [0.3, 0.4) is 0 Å². The summed E-state index contributed by atoms with van der Waals surface area (Å²) in [5.41, 5.74) is 1.22. The average molecular weight is 264 g/mol. The fraction of sp³-hybridized carbons (Fsp3) is 0.600. The lowest BCUT2D eigenvalue weighted by Crippen LogP contribution is -2.52. The number of nitrogens with zero attached hydrogens (tertiary/aromatic N) is 1. The van der Waals surface area contributed by atoms with Crippen LogP contribution in [0.4, 0.5) is 0 Å². The number of rotatable bonds is 5. The second-order valence-corrected chi connectivity index (χ2v) is 5.21. The largest absolute Gasteiger partial charge is 0.508 e. The molecule has 2 atom stereocenters. The van der Waals surface area contributed by atoms with Gasteiger partial charge in [-0.2, -0.15) is 0 Å². The van der Waals surface area contributed by atoms with Crippen molar-refractivity contribution in [1.29, 1.82) is 0 Å². The third-order valence-corrected chi connectivity index (χ3v) is 3.60. The molecule has 1 saturated heterocycles. The Morgan fingerprint density at radius 2 is 2.16 bits per heavy atom. The van der Waals surface area contributed by atoms with Crippen molar-refractivity contribution in [3.05, 3.63) is 29.8 Å². The predicted molar refractivity (Wildman–Crippen MR) is 76.5 cm³/mol. The summed E-state index contributed by atoms with van der Waals surface area (Å²) in [6.07, 6.45) is 1.15. The summed E-state index contributed by atoms with van der Waals surface area (Å²) in [5.74, 6) is 0.317. The van der Waals surface area contributed by atoms with Gasteiger partial charge >= 0.3 is 0 Å². The van der Waals surface area contributed by atoms with Crippen molar-refractivity contribution in [2.45, 2.75) is 25.5 Å². The zero-order valence-corrected chi connectivity index (χ0v) is 11.8. The third-order valence-electron chi connectivity index (χ3n) is 3.60. The van der Waals surface area contributed by atoms with Gasteiger partial charge in [0, 0.05) is 19.1 Å². The Kier molecular flexibility index (Phi) is 5.19. The summed E-state index contributed by atoms with van der Waals surface area (Å²) >= 11 is 0. The Morgan fingerprint density at radius 3 is 2.79 bits per heavy atom. The number of morpholine rings is 1. The van der Waals surface area contributed by atoms with Crippen molar-refractivity contribution in [3.63, 3.8) is 0 Å². The number of hydrogen-bond donors (Lipinski definition) is 2. The van der Waals surface area contributed by atoms with Gasteiger partial charge in [0.15, 0.2) is 0 Å². The van der Waals surface area contributed by atoms with Gasteiger partial charge in [-0.25, -0.2) is 0 Å². The highest BCUT2D eigenvalue weighted by Gasteiger charge is 2.26. The lowest BCUT2D eigenvalue weighted by molar-refractivity contribution is -0.0381. The molecule has 0 saturated carbocycles. The quantitative estimate of drug-likeness (QED) is 0.840. The maximum atomic E-state index is 9.33. The van der Waals surface area contributed by atoms with E-state index >= 15 is 0 Å². The molecule has 0 aliphatic carbocycles. The van der Waals surface area contributed by atoms with Gasteiger partial charge in [0.25, 0.3) is 0 Å². The molecule has 4 heteroatoms. The first kappa shape index (κ1) is 14.3. The van der Waals surface area contributed by atoms with E-state index in [0.29, 0.717) is 11.8 Å². The van der Waals surface area contributed by atoms with E-state index in [1.165, 1.54) is 5.56 Å². The maximum Gasteiger partial charge on any atom is 0.115 e. The second-order valence-electron chi connectivity index (χ2n) is 5.21. The molecule has 2 N–H and O–H groups in total. The summed E-state index contributed by atoms with van der Waals surface area (Å²) in [7, 11) is 2.14. The van der Waals surface area contributed by atoms with Crippen molar-refractivity contribution < 1.29 is 9.84 Å². The molecule has 0 aromatic heterocycles. The zero-order chi connectivity index (χ0) is 13.7. The van der Waals surface area contributed by atoms with Crippen molar-refractivity contribution in [2.75, 3.05) is 33.3 Å². The third kappa shape index (κ3) is 4.20. The number of hydrogen-bond acceptors (Lipinski definition) is 4. The van der Waals surface area contributed by atoms with Crippen LogP contribution >= 0.6 is 0 Å². The molecule has 1 heterocycles. The van der Waals surface area contributed by atoms with Gasteiger partial charge in [0.05, 0.1) is 12.7 Å². The fourth-order valence-electron chi connectivity index (χ4n) is 2.54. The predicted octanol–water partition coefficient (Wildman–Crippen LogP) is 1.24. The molecule has 4 nitrogen and oxygen atoms in total. The van der Waals surface area contributed by atoms with Crippen LogP contribution in [-0.4, -0.2) is 55.4 Å². The lowest BCUT2D eigenvalue weighted by atomic mass is 10.00. The second kappa shape index (κ2) is 6.89. The molecule has 2 unspecified atom stereocenters. The molecule has 1 aromatic rings. The van der Waals surface area contributed by atoms with Crippen molar-refractivity contribution in [1.82, 2.24) is 10.2 Å². The number of benzene rings is 1. The molecule has 0 spiro atoms. The van der Waals surface area contributed by atoms with E-state index < -0.39 is 0 Å². The zero-order valence-electron chi connectivity index (χ0n) is 11.8. The average Bonchev–Trinajstić information content (AvgIpc) is 2.41. The summed E-state index contributed by atoms with van der Waals surface area (Å²) in [6.45, 7) is 5.84. The van der Waals surface area contributed by atoms with E-state index in [-0.39, 0.29) is 6.10 Å². The van der Waals surface area contributed by atoms with Gasteiger partial charge in [-0.05, 0) is 37.7 Å². The number of ether oxygens (including phenoxy) is 1. The molecule has 0 amide bonds. The van der Waals surface area contributed by atoms with Gasteiger partial charge < -0.3 is 20.1 Å². The molecule has 106 valence electrons. The number of phenols is 1. The minimum Gasteiger partial charge on any atom is -0.508 e. The van der Waals surface area contributed by atoms with Gasteiger partial charge in [-0.1, -0.05) is 19.1 Å². The highest BCUT2D eigenvalue weighted by molar-refractivity contribution is 5.26. The van der Waals surface area contributed by atoms with Crippen LogP contribution in [0.5, 0.6) is 5.75 Å². The molecule has 1 aromatic carbocycles. The number of phenolic OH excluding ortho intramolecular Hbond substituents is 1. The number of aromatic hydroxyl groups is 1. The highest BCUT2D eigenvalue weighted by Crippen LogP contribution is 2.15. The Hall–Kier alpha value is -1.10. The number of nitrogens with one attached hydrogen (secondary N) is 1. The van der Waals surface area contributed by atoms with Crippen molar-refractivity contribution in [3.8, 4) is 5.75 Å². The Balaban J connectivity index is 2.00. The van der Waals surface area contributed by atoms with Crippen molar-refractivity contribution in [2.24, 2.45) is 0 Å². The molecular formula is C15H24N2O2. The minimum absolute atomic E-state index is 0.229. The Morgan fingerprint density at radius 1 is 1.42 bits per heavy atom. The maximum absolute atomic E-state index is 9.33. The fourth-order valence-corrected chi connectivity index (χ4v) is 2.54. The summed E-state index contributed by atoms with van der Waals surface area (Å²) in [4.78, 5) is 2.31. The molecule has 19 heavy (non-hydrogen) atoms. The molecule has 0 bridgehead atoms. The lowest BCUT2D eigenvalue weighted by Gasteiger charge is -2.35. The molecule has 1 fully saturated rings. The van der Waals surface area contributed by atoms with Gasteiger partial charge in [-0.15, -0.1) is 0 Å². The van der Waals surface area contributed by atoms with Crippen LogP contribution in [0.15, 0.2) is 24.3 Å². The molecule has 1 aliphatic heterocycles. The van der Waals surface area contributed by atoms with Gasteiger partial charge in [0.2, 0.25) is 0 Å². The van der Waals surface area contributed by atoms with Crippen LogP contribution in [-0.2, 0) is 11.2 Å². The molecular weight excluding hydrogens is 240 g/mol. The monoisotopic (exact) mass is 264 g/mol. The normalized spacial score (nSPS) is 22.3. The Bertz CT molecular complexity index is 380. The molecule has 0 radical (unpaired) electrons. The first-order chi connectivity index (χ1) is 9.19. The Labute approximate surface area is 115 Å². The van der Waals surface area contributed by atoms with Crippen LogP contribution in [0.25, 0.3) is 0 Å².